The minimum Gasteiger partial charge on any atom is -0.383 e. The van der Waals surface area contributed by atoms with Crippen LogP contribution in [0.15, 0.2) is 29.4 Å². The number of hydrogen-bond acceptors (Lipinski definition) is 3. The molecule has 3 heteroatoms. The third kappa shape index (κ3) is 2.97. The van der Waals surface area contributed by atoms with E-state index in [0.717, 1.165) is 18.7 Å². The quantitative estimate of drug-likeness (QED) is 0.458. The van der Waals surface area contributed by atoms with E-state index in [0.29, 0.717) is 12.5 Å². The molecular formula is C16H18N2O. The Morgan fingerprint density at radius 3 is 2.89 bits per heavy atom. The predicted molar refractivity (Wildman–Crippen MR) is 76.0 cm³/mol. The van der Waals surface area contributed by atoms with Crippen LogP contribution in [0.25, 0.3) is 0 Å². The Bertz CT molecular complexity index is 536. The molecule has 0 radical (unpaired) electrons. The number of oxime groups is 1. The van der Waals surface area contributed by atoms with Crippen LogP contribution in [0.4, 0.5) is 0 Å². The van der Waals surface area contributed by atoms with Gasteiger partial charge in [-0.15, -0.1) is 0 Å². The van der Waals surface area contributed by atoms with Crippen molar-refractivity contribution in [2.75, 3.05) is 26.2 Å². The van der Waals surface area contributed by atoms with Crippen LogP contribution in [0, 0.1) is 24.7 Å². The number of aryl methyl sites for hydroxylation is 1. The normalized spacial score (nSPS) is 26.3. The summed E-state index contributed by atoms with van der Waals surface area (Å²) in [7, 11) is 0. The molecule has 2 aliphatic heterocycles. The summed E-state index contributed by atoms with van der Waals surface area (Å²) in [4.78, 5) is 7.72. The Kier molecular flexibility index (Phi) is 3.52. The van der Waals surface area contributed by atoms with Gasteiger partial charge in [-0.2, -0.15) is 0 Å². The molecule has 0 spiro atoms. The molecule has 2 fully saturated rings. The van der Waals surface area contributed by atoms with Crippen LogP contribution in [0.2, 0.25) is 0 Å². The van der Waals surface area contributed by atoms with Gasteiger partial charge >= 0.3 is 0 Å². The maximum atomic E-state index is 5.30. The summed E-state index contributed by atoms with van der Waals surface area (Å²) in [5.41, 5.74) is 3.47. The summed E-state index contributed by atoms with van der Waals surface area (Å²) in [6.07, 6.45) is 1.23. The fourth-order valence-corrected chi connectivity index (χ4v) is 2.63. The zero-order valence-corrected chi connectivity index (χ0v) is 11.2. The van der Waals surface area contributed by atoms with Crippen LogP contribution in [0.5, 0.6) is 0 Å². The zero-order chi connectivity index (χ0) is 13.1. The van der Waals surface area contributed by atoms with Gasteiger partial charge in [0.05, 0.1) is 5.71 Å². The first-order valence-electron chi connectivity index (χ1n) is 6.78. The Hall–Kier alpha value is -1.79. The molecule has 1 aromatic rings. The predicted octanol–water partition coefficient (Wildman–Crippen LogP) is 2.05. The first kappa shape index (κ1) is 12.3. The molecule has 0 aromatic heterocycles. The number of nitrogens with zero attached hydrogens (tertiary/aromatic N) is 2. The largest absolute Gasteiger partial charge is 0.383 e. The van der Waals surface area contributed by atoms with Gasteiger partial charge in [0.2, 0.25) is 0 Å². The van der Waals surface area contributed by atoms with Crippen molar-refractivity contribution in [2.24, 2.45) is 11.1 Å². The van der Waals surface area contributed by atoms with E-state index in [1.54, 1.807) is 0 Å². The van der Waals surface area contributed by atoms with Crippen LogP contribution < -0.4 is 0 Å². The fraction of sp³-hybridized carbons (Fsp3) is 0.438. The molecule has 2 unspecified atom stereocenters. The third-order valence-electron chi connectivity index (χ3n) is 3.73. The number of hydrogen-bond donors (Lipinski definition) is 0. The van der Waals surface area contributed by atoms with Crippen LogP contribution in [0.1, 0.15) is 17.5 Å². The number of fused-ring (bicyclic) bond motifs is 2. The average molecular weight is 254 g/mol. The Labute approximate surface area is 114 Å². The topological polar surface area (TPSA) is 24.8 Å². The lowest BCUT2D eigenvalue weighted by molar-refractivity contribution is 0.177. The van der Waals surface area contributed by atoms with Crippen LogP contribution in [0.3, 0.4) is 0 Å². The van der Waals surface area contributed by atoms with Gasteiger partial charge < -0.3 is 4.84 Å². The number of rotatable bonds is 2. The molecule has 0 aliphatic carbocycles. The van der Waals surface area contributed by atoms with E-state index in [9.17, 15) is 0 Å². The molecule has 19 heavy (non-hydrogen) atoms. The molecule has 2 saturated heterocycles. The van der Waals surface area contributed by atoms with E-state index >= 15 is 0 Å². The Morgan fingerprint density at radius 2 is 2.21 bits per heavy atom. The fourth-order valence-electron chi connectivity index (χ4n) is 2.63. The van der Waals surface area contributed by atoms with Crippen molar-refractivity contribution >= 4 is 5.71 Å². The summed E-state index contributed by atoms with van der Waals surface area (Å²) >= 11 is 0. The molecule has 2 heterocycles. The van der Waals surface area contributed by atoms with Crippen LogP contribution in [-0.4, -0.2) is 36.9 Å². The maximum absolute atomic E-state index is 5.30. The lowest BCUT2D eigenvalue weighted by atomic mass is 10.0. The highest BCUT2D eigenvalue weighted by atomic mass is 16.6. The van der Waals surface area contributed by atoms with Gasteiger partial charge in [0, 0.05) is 24.6 Å². The van der Waals surface area contributed by atoms with E-state index < -0.39 is 0 Å². The van der Waals surface area contributed by atoms with Crippen molar-refractivity contribution in [3.05, 3.63) is 35.4 Å². The van der Waals surface area contributed by atoms with Gasteiger partial charge in [0.15, 0.2) is 6.61 Å². The zero-order valence-electron chi connectivity index (χ0n) is 11.2. The average Bonchev–Trinajstić information content (AvgIpc) is 3.03. The first-order chi connectivity index (χ1) is 9.31. The van der Waals surface area contributed by atoms with Crippen molar-refractivity contribution in [1.82, 2.24) is 4.90 Å². The van der Waals surface area contributed by atoms with Crippen molar-refractivity contribution in [1.29, 1.82) is 0 Å². The second-order valence-corrected chi connectivity index (χ2v) is 5.24. The van der Waals surface area contributed by atoms with Gasteiger partial charge in [-0.05, 0) is 32.0 Å². The summed E-state index contributed by atoms with van der Waals surface area (Å²) in [5, 5.41) is 4.22. The van der Waals surface area contributed by atoms with E-state index in [4.69, 9.17) is 4.84 Å². The highest BCUT2D eigenvalue weighted by Gasteiger charge is 2.35. The van der Waals surface area contributed by atoms with Crippen LogP contribution >= 0.6 is 0 Å². The lowest BCUT2D eigenvalue weighted by Gasteiger charge is -2.12. The standard InChI is InChI=1S/C16H18N2O/c1-13-4-6-14(7-5-13)3-2-10-19-17-16-12-18-9-8-15(16)11-18/h4-7,15H,8-12H2,1H3/b17-16+. The molecular weight excluding hydrogens is 236 g/mol. The monoisotopic (exact) mass is 254 g/mol. The number of piperidine rings is 1. The Balaban J connectivity index is 1.49. The minimum atomic E-state index is 0.365. The highest BCUT2D eigenvalue weighted by Crippen LogP contribution is 2.25. The highest BCUT2D eigenvalue weighted by molar-refractivity contribution is 5.91. The molecule has 3 nitrogen and oxygen atoms in total. The smallest absolute Gasteiger partial charge is 0.177 e. The maximum Gasteiger partial charge on any atom is 0.177 e. The molecule has 0 N–H and O–H groups in total. The van der Waals surface area contributed by atoms with E-state index in [1.807, 2.05) is 12.1 Å². The molecule has 1 aromatic carbocycles. The molecule has 3 rings (SSSR count). The van der Waals surface area contributed by atoms with Crippen molar-refractivity contribution < 1.29 is 4.84 Å². The summed E-state index contributed by atoms with van der Waals surface area (Å²) in [6.45, 7) is 5.80. The first-order valence-corrected chi connectivity index (χ1v) is 6.78. The molecule has 98 valence electrons. The summed E-state index contributed by atoms with van der Waals surface area (Å²) < 4.78 is 0. The second-order valence-electron chi connectivity index (χ2n) is 5.24. The SMILES string of the molecule is Cc1ccc(C#CCO/N=C2\CN3CCC2C3)cc1. The summed E-state index contributed by atoms with van der Waals surface area (Å²) in [6, 6.07) is 8.18. The third-order valence-corrected chi connectivity index (χ3v) is 3.73. The van der Waals surface area contributed by atoms with Crippen molar-refractivity contribution in [3.8, 4) is 11.8 Å². The van der Waals surface area contributed by atoms with Gasteiger partial charge in [0.25, 0.3) is 0 Å². The number of benzene rings is 1. The molecule has 2 atom stereocenters. The second kappa shape index (κ2) is 5.46. The minimum absolute atomic E-state index is 0.365. The van der Waals surface area contributed by atoms with Gasteiger partial charge in [-0.1, -0.05) is 34.7 Å². The summed E-state index contributed by atoms with van der Waals surface area (Å²) in [5.74, 6) is 6.70. The van der Waals surface area contributed by atoms with Gasteiger partial charge in [0.1, 0.15) is 0 Å². The lowest BCUT2D eigenvalue weighted by Crippen LogP contribution is -2.23. The van der Waals surface area contributed by atoms with E-state index in [2.05, 4.69) is 41.0 Å². The molecule has 2 aliphatic rings. The van der Waals surface area contributed by atoms with Crippen molar-refractivity contribution in [3.63, 3.8) is 0 Å². The van der Waals surface area contributed by atoms with E-state index in [1.165, 1.54) is 24.2 Å². The Morgan fingerprint density at radius 1 is 1.37 bits per heavy atom. The van der Waals surface area contributed by atoms with Gasteiger partial charge in [-0.3, -0.25) is 4.90 Å². The van der Waals surface area contributed by atoms with E-state index in [-0.39, 0.29) is 0 Å². The van der Waals surface area contributed by atoms with Gasteiger partial charge in [-0.25, -0.2) is 0 Å². The molecule has 0 amide bonds. The molecule has 2 bridgehead atoms. The molecule has 0 saturated carbocycles. The van der Waals surface area contributed by atoms with Crippen molar-refractivity contribution in [2.45, 2.75) is 13.3 Å². The van der Waals surface area contributed by atoms with Crippen LogP contribution in [-0.2, 0) is 4.84 Å².